The lowest BCUT2D eigenvalue weighted by Gasteiger charge is -2.32. The van der Waals surface area contributed by atoms with Crippen molar-refractivity contribution in [2.24, 2.45) is 11.8 Å². The molecule has 3 aliphatic rings. The number of hydrogen-bond donors (Lipinski definition) is 4. The van der Waals surface area contributed by atoms with Crippen LogP contribution in [-0.4, -0.2) is 49.1 Å². The molecule has 3 fully saturated rings. The van der Waals surface area contributed by atoms with Crippen molar-refractivity contribution in [3.63, 3.8) is 0 Å². The SMILES string of the molecule is COC(=O)N[C@@H](CC1CCCCC1)C(=O)N[C@@H](CC1CCC(NS(=O)(=O)O)CC1)c1csc(C2CCCCC2)n1. The standard InChI is InChI=1S/C28H46N4O6S2/c1-38-28(34)31-24(17-19-8-4-2-5-9-19)26(33)29-23(16-20-12-14-22(15-13-20)32-40(35,36)37)25-18-39-27(30-25)21-10-6-3-7-11-21/h18-24,32H,2-17H2,1H3,(H,29,33)(H,31,34)(H,35,36,37)/t20?,22?,23-,24-/m0/s1. The Labute approximate surface area is 242 Å². The molecular formula is C28H46N4O6S2. The molecule has 40 heavy (non-hydrogen) atoms. The van der Waals surface area contributed by atoms with E-state index in [0.29, 0.717) is 37.5 Å². The maximum atomic E-state index is 13.7. The van der Waals surface area contributed by atoms with Crippen LogP contribution in [0.1, 0.15) is 125 Å². The second-order valence-electron chi connectivity index (χ2n) is 12.0. The Morgan fingerprint density at radius 3 is 2.20 bits per heavy atom. The van der Waals surface area contributed by atoms with Gasteiger partial charge in [0.25, 0.3) is 0 Å². The highest BCUT2D eigenvalue weighted by molar-refractivity contribution is 7.83. The van der Waals surface area contributed by atoms with E-state index in [1.807, 2.05) is 0 Å². The largest absolute Gasteiger partial charge is 0.453 e. The summed E-state index contributed by atoms with van der Waals surface area (Å²) >= 11 is 1.67. The lowest BCUT2D eigenvalue weighted by molar-refractivity contribution is -0.124. The van der Waals surface area contributed by atoms with Crippen LogP contribution in [-0.2, 0) is 19.8 Å². The number of nitrogens with one attached hydrogen (secondary N) is 3. The van der Waals surface area contributed by atoms with Crippen LogP contribution in [0.25, 0.3) is 0 Å². The summed E-state index contributed by atoms with van der Waals surface area (Å²) in [5.74, 6) is 0.929. The van der Waals surface area contributed by atoms with Crippen molar-refractivity contribution in [1.29, 1.82) is 0 Å². The normalized spacial score (nSPS) is 24.6. The summed E-state index contributed by atoms with van der Waals surface area (Å²) < 4.78 is 38.8. The van der Waals surface area contributed by atoms with Gasteiger partial charge in [0.15, 0.2) is 0 Å². The van der Waals surface area contributed by atoms with Crippen molar-refractivity contribution in [2.45, 2.75) is 127 Å². The van der Waals surface area contributed by atoms with Gasteiger partial charge in [0.05, 0.1) is 23.9 Å². The average molecular weight is 599 g/mol. The van der Waals surface area contributed by atoms with Gasteiger partial charge in [-0.05, 0) is 63.2 Å². The van der Waals surface area contributed by atoms with Gasteiger partial charge < -0.3 is 15.4 Å². The molecule has 1 aromatic heterocycles. The van der Waals surface area contributed by atoms with Gasteiger partial charge in [0.1, 0.15) is 6.04 Å². The molecule has 3 aliphatic carbocycles. The molecule has 0 aromatic carbocycles. The highest BCUT2D eigenvalue weighted by Crippen LogP contribution is 2.37. The Hall–Kier alpha value is -1.76. The second kappa shape index (κ2) is 14.9. The van der Waals surface area contributed by atoms with E-state index in [9.17, 15) is 18.0 Å². The third kappa shape index (κ3) is 9.66. The molecule has 1 heterocycles. The highest BCUT2D eigenvalue weighted by Gasteiger charge is 2.32. The minimum Gasteiger partial charge on any atom is -0.453 e. The van der Waals surface area contributed by atoms with Crippen molar-refractivity contribution < 1.29 is 27.3 Å². The Morgan fingerprint density at radius 1 is 0.950 bits per heavy atom. The van der Waals surface area contributed by atoms with Gasteiger partial charge in [-0.1, -0.05) is 51.4 Å². The number of hydrogen-bond acceptors (Lipinski definition) is 7. The molecule has 0 spiro atoms. The van der Waals surface area contributed by atoms with E-state index in [1.165, 1.54) is 32.8 Å². The first kappa shape index (κ1) is 31.2. The number of methoxy groups -OCH3 is 1. The number of aromatic nitrogens is 1. The first-order valence-electron chi connectivity index (χ1n) is 15.0. The molecule has 0 unspecified atom stereocenters. The molecule has 0 radical (unpaired) electrons. The molecule has 0 saturated heterocycles. The molecule has 10 nitrogen and oxygen atoms in total. The van der Waals surface area contributed by atoms with E-state index in [2.05, 4.69) is 20.7 Å². The second-order valence-corrected chi connectivity index (χ2v) is 14.1. The zero-order chi connectivity index (χ0) is 28.5. The van der Waals surface area contributed by atoms with E-state index < -0.39 is 22.4 Å². The van der Waals surface area contributed by atoms with Crippen LogP contribution >= 0.6 is 11.3 Å². The van der Waals surface area contributed by atoms with Crippen molar-refractivity contribution >= 4 is 33.6 Å². The Bertz CT molecular complexity index is 1060. The maximum absolute atomic E-state index is 13.7. The summed E-state index contributed by atoms with van der Waals surface area (Å²) in [6.45, 7) is 0. The molecule has 3 saturated carbocycles. The molecular weight excluding hydrogens is 552 g/mol. The molecule has 0 bridgehead atoms. The van der Waals surface area contributed by atoms with Crippen LogP contribution in [0, 0.1) is 11.8 Å². The molecule has 12 heteroatoms. The van der Waals surface area contributed by atoms with Gasteiger partial charge in [-0.15, -0.1) is 11.3 Å². The predicted octanol–water partition coefficient (Wildman–Crippen LogP) is 5.38. The molecule has 2 amide bonds. The Morgan fingerprint density at radius 2 is 1.57 bits per heavy atom. The van der Waals surface area contributed by atoms with Crippen LogP contribution in [0.15, 0.2) is 5.38 Å². The summed E-state index contributed by atoms with van der Waals surface area (Å²) in [6.07, 6.45) is 15.2. The lowest BCUT2D eigenvalue weighted by atomic mass is 9.82. The number of carbonyl (C=O) groups is 2. The summed E-state index contributed by atoms with van der Waals surface area (Å²) in [7, 11) is -2.92. The van der Waals surface area contributed by atoms with E-state index in [-0.39, 0.29) is 23.9 Å². The fourth-order valence-electron chi connectivity index (χ4n) is 6.77. The van der Waals surface area contributed by atoms with Crippen LogP contribution in [0.5, 0.6) is 0 Å². The third-order valence-electron chi connectivity index (χ3n) is 8.99. The highest BCUT2D eigenvalue weighted by atomic mass is 32.2. The van der Waals surface area contributed by atoms with Gasteiger partial charge >= 0.3 is 16.4 Å². The smallest absolute Gasteiger partial charge is 0.407 e. The van der Waals surface area contributed by atoms with Crippen molar-refractivity contribution in [2.75, 3.05) is 7.11 Å². The van der Waals surface area contributed by atoms with Crippen LogP contribution in [0.3, 0.4) is 0 Å². The van der Waals surface area contributed by atoms with Crippen LogP contribution < -0.4 is 15.4 Å². The summed E-state index contributed by atoms with van der Waals surface area (Å²) in [5.41, 5.74) is 0.867. The third-order valence-corrected chi connectivity index (χ3v) is 10.6. The molecule has 2 atom stereocenters. The van der Waals surface area contributed by atoms with Crippen molar-refractivity contribution in [3.05, 3.63) is 16.1 Å². The molecule has 226 valence electrons. The number of thiazole rings is 1. The van der Waals surface area contributed by atoms with E-state index in [4.69, 9.17) is 14.3 Å². The number of carbonyl (C=O) groups excluding carboxylic acids is 2. The zero-order valence-electron chi connectivity index (χ0n) is 23.6. The predicted molar refractivity (Wildman–Crippen MR) is 154 cm³/mol. The summed E-state index contributed by atoms with van der Waals surface area (Å²) in [5, 5.41) is 9.24. The van der Waals surface area contributed by atoms with Crippen molar-refractivity contribution in [3.8, 4) is 0 Å². The zero-order valence-corrected chi connectivity index (χ0v) is 25.2. The summed E-state index contributed by atoms with van der Waals surface area (Å²) in [4.78, 5) is 30.9. The van der Waals surface area contributed by atoms with Gasteiger partial charge in [0, 0.05) is 17.3 Å². The number of amides is 2. The van der Waals surface area contributed by atoms with Gasteiger partial charge in [-0.3, -0.25) is 9.35 Å². The fraction of sp³-hybridized carbons (Fsp3) is 0.821. The Balaban J connectivity index is 1.47. The average Bonchev–Trinajstić information content (AvgIpc) is 3.44. The quantitative estimate of drug-likeness (QED) is 0.250. The Kier molecular flexibility index (Phi) is 11.6. The monoisotopic (exact) mass is 598 g/mol. The molecule has 4 N–H and O–H groups in total. The summed E-state index contributed by atoms with van der Waals surface area (Å²) in [6, 6.07) is -1.25. The minimum atomic E-state index is -4.23. The maximum Gasteiger partial charge on any atom is 0.407 e. The number of ether oxygens (including phenoxy) is 1. The first-order chi connectivity index (χ1) is 19.2. The lowest BCUT2D eigenvalue weighted by Crippen LogP contribution is -2.49. The molecule has 1 aromatic rings. The van der Waals surface area contributed by atoms with Crippen molar-refractivity contribution in [1.82, 2.24) is 20.3 Å². The van der Waals surface area contributed by atoms with E-state index >= 15 is 0 Å². The number of rotatable bonds is 11. The van der Waals surface area contributed by atoms with Gasteiger partial charge in [0.2, 0.25) is 5.91 Å². The topological polar surface area (TPSA) is 147 Å². The van der Waals surface area contributed by atoms with Crippen LogP contribution in [0.4, 0.5) is 4.79 Å². The number of alkyl carbamates (subject to hydrolysis) is 1. The molecule has 4 rings (SSSR count). The fourth-order valence-corrected chi connectivity index (χ4v) is 8.47. The van der Waals surface area contributed by atoms with E-state index in [0.717, 1.165) is 62.1 Å². The van der Waals surface area contributed by atoms with Crippen LogP contribution in [0.2, 0.25) is 0 Å². The van der Waals surface area contributed by atoms with Gasteiger partial charge in [-0.2, -0.15) is 13.1 Å². The van der Waals surface area contributed by atoms with E-state index in [1.54, 1.807) is 11.3 Å². The minimum absolute atomic E-state index is 0.213. The number of nitrogens with zero attached hydrogens (tertiary/aromatic N) is 1. The van der Waals surface area contributed by atoms with Gasteiger partial charge in [-0.25, -0.2) is 9.78 Å². The first-order valence-corrected chi connectivity index (χ1v) is 17.4. The molecule has 0 aliphatic heterocycles.